The Morgan fingerprint density at radius 2 is 2.22 bits per heavy atom. The van der Waals surface area contributed by atoms with Gasteiger partial charge in [-0.3, -0.25) is 9.69 Å². The minimum Gasteiger partial charge on any atom is -0.348 e. The van der Waals surface area contributed by atoms with Gasteiger partial charge in [-0.05, 0) is 37.0 Å². The third-order valence-corrected chi connectivity index (χ3v) is 3.90. The molecule has 0 aromatic carbocycles. The number of Topliss-reactive ketones (excluding diaryl/α,β-unsaturated/α-hetero) is 1. The zero-order valence-electron chi connectivity index (χ0n) is 10.8. The molecule has 0 aliphatic carbocycles. The normalized spacial score (nSPS) is 11.1. The molecule has 0 bridgehead atoms. The van der Waals surface area contributed by atoms with Crippen molar-refractivity contribution in [3.63, 3.8) is 0 Å². The maximum Gasteiger partial charge on any atom is 0.193 e. The summed E-state index contributed by atoms with van der Waals surface area (Å²) in [5.41, 5.74) is 0.776. The Morgan fingerprint density at radius 1 is 1.39 bits per heavy atom. The second-order valence-corrected chi connectivity index (χ2v) is 5.53. The van der Waals surface area contributed by atoms with Crippen LogP contribution in [0, 0.1) is 0 Å². The average Bonchev–Trinajstić information content (AvgIpc) is 2.97. The van der Waals surface area contributed by atoms with Crippen molar-refractivity contribution in [3.05, 3.63) is 46.4 Å². The van der Waals surface area contributed by atoms with E-state index in [9.17, 15) is 4.79 Å². The molecule has 2 aromatic heterocycles. The third-order valence-electron chi connectivity index (χ3n) is 2.96. The fourth-order valence-electron chi connectivity index (χ4n) is 1.91. The third kappa shape index (κ3) is 3.31. The first-order valence-electron chi connectivity index (χ1n) is 6.02. The predicted molar refractivity (Wildman–Crippen MR) is 75.3 cm³/mol. The highest BCUT2D eigenvalue weighted by Gasteiger charge is 2.11. The molecule has 2 heterocycles. The van der Waals surface area contributed by atoms with Gasteiger partial charge in [0.1, 0.15) is 0 Å². The molecule has 0 amide bonds. The maximum absolute atomic E-state index is 12.0. The number of hydrogen-bond acceptors (Lipinski definition) is 3. The molecular formula is C14H18N2OS. The van der Waals surface area contributed by atoms with Gasteiger partial charge in [0.05, 0.1) is 12.2 Å². The summed E-state index contributed by atoms with van der Waals surface area (Å²) in [4.78, 5) is 15.5. The summed E-state index contributed by atoms with van der Waals surface area (Å²) in [5, 5.41) is 2.09. The number of thiophene rings is 1. The fourth-order valence-corrected chi connectivity index (χ4v) is 2.61. The number of aromatic nitrogens is 1. The summed E-state index contributed by atoms with van der Waals surface area (Å²) in [6, 6.07) is 7.97. The summed E-state index contributed by atoms with van der Waals surface area (Å²) in [6.07, 6.45) is 2.91. The molecule has 18 heavy (non-hydrogen) atoms. The Bertz CT molecular complexity index is 502. The van der Waals surface area contributed by atoms with E-state index in [4.69, 9.17) is 0 Å². The molecule has 0 N–H and O–H groups in total. The molecule has 0 fully saturated rings. The van der Waals surface area contributed by atoms with E-state index in [-0.39, 0.29) is 5.78 Å². The van der Waals surface area contributed by atoms with E-state index in [1.54, 1.807) is 11.3 Å². The molecule has 0 aliphatic rings. The zero-order chi connectivity index (χ0) is 13.0. The van der Waals surface area contributed by atoms with Crippen LogP contribution in [0.3, 0.4) is 0 Å². The lowest BCUT2D eigenvalue weighted by Gasteiger charge is -2.15. The van der Waals surface area contributed by atoms with Gasteiger partial charge in [-0.15, -0.1) is 11.3 Å². The van der Waals surface area contributed by atoms with Gasteiger partial charge >= 0.3 is 0 Å². The lowest BCUT2D eigenvalue weighted by Crippen LogP contribution is -2.28. The Hall–Kier alpha value is -1.39. The fraction of sp³-hybridized carbons (Fsp3) is 0.357. The number of carbonyl (C=O) groups excluding carboxylic acids is 1. The highest BCUT2D eigenvalue weighted by molar-refractivity contribution is 7.09. The monoisotopic (exact) mass is 262 g/mol. The van der Waals surface area contributed by atoms with Crippen LogP contribution in [0.4, 0.5) is 0 Å². The molecule has 0 atom stereocenters. The van der Waals surface area contributed by atoms with Crippen molar-refractivity contribution in [1.82, 2.24) is 9.47 Å². The second kappa shape index (κ2) is 5.98. The Kier molecular flexibility index (Phi) is 4.33. The van der Waals surface area contributed by atoms with Crippen molar-refractivity contribution >= 4 is 17.1 Å². The number of rotatable bonds is 6. The van der Waals surface area contributed by atoms with E-state index in [2.05, 4.69) is 22.4 Å². The standard InChI is InChI=1S/C14H18N2OS/c1-15(9-7-12-5-4-10-18-12)11-14(17)13-6-3-8-16(13)2/h3-6,8,10H,7,9,11H2,1-2H3. The van der Waals surface area contributed by atoms with Crippen LogP contribution in [0.1, 0.15) is 15.4 Å². The lowest BCUT2D eigenvalue weighted by atomic mass is 10.2. The molecule has 4 heteroatoms. The lowest BCUT2D eigenvalue weighted by molar-refractivity contribution is 0.0939. The zero-order valence-corrected chi connectivity index (χ0v) is 11.6. The molecule has 0 unspecified atom stereocenters. The van der Waals surface area contributed by atoms with Crippen LogP contribution in [0.5, 0.6) is 0 Å². The number of aryl methyl sites for hydroxylation is 1. The first-order chi connectivity index (χ1) is 8.66. The minimum absolute atomic E-state index is 0.177. The maximum atomic E-state index is 12.0. The van der Waals surface area contributed by atoms with Crippen molar-refractivity contribution in [3.8, 4) is 0 Å². The van der Waals surface area contributed by atoms with Crippen LogP contribution in [0.25, 0.3) is 0 Å². The number of nitrogens with zero attached hydrogens (tertiary/aromatic N) is 2. The van der Waals surface area contributed by atoms with Crippen LogP contribution in [0.15, 0.2) is 35.8 Å². The van der Waals surface area contributed by atoms with Gasteiger partial charge in [0.15, 0.2) is 5.78 Å². The van der Waals surface area contributed by atoms with Gasteiger partial charge in [-0.25, -0.2) is 0 Å². The molecule has 0 radical (unpaired) electrons. The van der Waals surface area contributed by atoms with Crippen LogP contribution in [-0.4, -0.2) is 35.4 Å². The first-order valence-corrected chi connectivity index (χ1v) is 6.90. The number of ketones is 1. The van der Waals surface area contributed by atoms with Crippen molar-refractivity contribution in [2.24, 2.45) is 7.05 Å². The van der Waals surface area contributed by atoms with Crippen LogP contribution in [0.2, 0.25) is 0 Å². The van der Waals surface area contributed by atoms with E-state index < -0.39 is 0 Å². The predicted octanol–water partition coefficient (Wildman–Crippen LogP) is 2.44. The molecule has 96 valence electrons. The van der Waals surface area contributed by atoms with Gasteiger partial charge < -0.3 is 4.57 Å². The molecule has 2 rings (SSSR count). The number of likely N-dealkylation sites (N-methyl/N-ethyl adjacent to an activating group) is 1. The molecular weight excluding hydrogens is 244 g/mol. The molecule has 0 saturated heterocycles. The number of carbonyl (C=O) groups is 1. The van der Waals surface area contributed by atoms with Gasteiger partial charge in [-0.2, -0.15) is 0 Å². The van der Waals surface area contributed by atoms with E-state index in [1.165, 1.54) is 4.88 Å². The van der Waals surface area contributed by atoms with Crippen molar-refractivity contribution < 1.29 is 4.79 Å². The minimum atomic E-state index is 0.177. The quantitative estimate of drug-likeness (QED) is 0.747. The summed E-state index contributed by atoms with van der Waals surface area (Å²) < 4.78 is 1.87. The van der Waals surface area contributed by atoms with Crippen molar-refractivity contribution in [2.45, 2.75) is 6.42 Å². The highest BCUT2D eigenvalue weighted by Crippen LogP contribution is 2.09. The van der Waals surface area contributed by atoms with Gasteiger partial charge in [0.25, 0.3) is 0 Å². The molecule has 0 aliphatic heterocycles. The Morgan fingerprint density at radius 3 is 2.83 bits per heavy atom. The average molecular weight is 262 g/mol. The van der Waals surface area contributed by atoms with E-state index in [1.807, 2.05) is 37.0 Å². The topological polar surface area (TPSA) is 25.2 Å². The van der Waals surface area contributed by atoms with Gasteiger partial charge in [0.2, 0.25) is 0 Å². The van der Waals surface area contributed by atoms with Crippen LogP contribution < -0.4 is 0 Å². The summed E-state index contributed by atoms with van der Waals surface area (Å²) in [7, 11) is 3.90. The van der Waals surface area contributed by atoms with E-state index >= 15 is 0 Å². The Labute approximate surface area is 112 Å². The summed E-state index contributed by atoms with van der Waals surface area (Å²) in [5.74, 6) is 0.177. The van der Waals surface area contributed by atoms with Crippen LogP contribution in [-0.2, 0) is 13.5 Å². The summed E-state index contributed by atoms with van der Waals surface area (Å²) in [6.45, 7) is 1.39. The number of hydrogen-bond donors (Lipinski definition) is 0. The van der Waals surface area contributed by atoms with E-state index in [0.29, 0.717) is 6.54 Å². The smallest absolute Gasteiger partial charge is 0.193 e. The highest BCUT2D eigenvalue weighted by atomic mass is 32.1. The SMILES string of the molecule is CN(CCc1cccs1)CC(=O)c1cccn1C. The summed E-state index contributed by atoms with van der Waals surface area (Å²) >= 11 is 1.77. The van der Waals surface area contributed by atoms with E-state index in [0.717, 1.165) is 18.7 Å². The first kappa shape index (κ1) is 13.1. The molecule has 2 aromatic rings. The van der Waals surface area contributed by atoms with Crippen molar-refractivity contribution in [1.29, 1.82) is 0 Å². The Balaban J connectivity index is 1.82. The molecule has 0 saturated carbocycles. The van der Waals surface area contributed by atoms with Crippen molar-refractivity contribution in [2.75, 3.05) is 20.1 Å². The van der Waals surface area contributed by atoms with Gasteiger partial charge in [-0.1, -0.05) is 6.07 Å². The van der Waals surface area contributed by atoms with Crippen LogP contribution >= 0.6 is 11.3 Å². The second-order valence-electron chi connectivity index (χ2n) is 4.49. The molecule has 3 nitrogen and oxygen atoms in total. The molecule has 0 spiro atoms. The van der Waals surface area contributed by atoms with Gasteiger partial charge in [0, 0.05) is 24.7 Å². The largest absolute Gasteiger partial charge is 0.348 e.